The van der Waals surface area contributed by atoms with Crippen molar-refractivity contribution >= 4 is 40.7 Å². The number of piperazine rings is 1. The van der Waals surface area contributed by atoms with Crippen molar-refractivity contribution in [1.82, 2.24) is 4.90 Å². The van der Waals surface area contributed by atoms with Crippen LogP contribution in [0.5, 0.6) is 0 Å². The van der Waals surface area contributed by atoms with Gasteiger partial charge in [-0.3, -0.25) is 9.59 Å². The van der Waals surface area contributed by atoms with Gasteiger partial charge in [-0.2, -0.15) is 0 Å². The van der Waals surface area contributed by atoms with Gasteiger partial charge in [0.1, 0.15) is 6.04 Å². The van der Waals surface area contributed by atoms with E-state index in [0.29, 0.717) is 28.8 Å². The molecule has 2 fully saturated rings. The van der Waals surface area contributed by atoms with E-state index in [1.807, 2.05) is 0 Å². The van der Waals surface area contributed by atoms with Crippen molar-refractivity contribution < 1.29 is 9.59 Å². The fourth-order valence-electron chi connectivity index (χ4n) is 3.00. The highest BCUT2D eigenvalue weighted by Gasteiger charge is 2.39. The predicted molar refractivity (Wildman–Crippen MR) is 87.3 cm³/mol. The van der Waals surface area contributed by atoms with E-state index in [9.17, 15) is 9.59 Å². The van der Waals surface area contributed by atoms with Gasteiger partial charge in [0, 0.05) is 24.0 Å². The van der Waals surface area contributed by atoms with E-state index in [1.165, 1.54) is 0 Å². The van der Waals surface area contributed by atoms with Crippen LogP contribution in [0.15, 0.2) is 18.2 Å². The minimum absolute atomic E-state index is 0.0943. The molecule has 1 unspecified atom stereocenters. The molecule has 1 saturated carbocycles. The van der Waals surface area contributed by atoms with Gasteiger partial charge in [-0.15, -0.1) is 0 Å². The molecule has 6 heteroatoms. The van der Waals surface area contributed by atoms with E-state index in [4.69, 9.17) is 23.2 Å². The molecule has 1 heterocycles. The smallest absolute Gasteiger partial charge is 0.249 e. The molecule has 118 valence electrons. The maximum atomic E-state index is 12.6. The largest absolute Gasteiger partial charge is 0.329 e. The number of carbonyl (C=O) groups is 2. The summed E-state index contributed by atoms with van der Waals surface area (Å²) in [5.74, 6) is 0.137. The van der Waals surface area contributed by atoms with Crippen LogP contribution in [0.3, 0.4) is 0 Å². The lowest BCUT2D eigenvalue weighted by Gasteiger charge is -2.42. The van der Waals surface area contributed by atoms with Crippen molar-refractivity contribution in [2.45, 2.75) is 32.2 Å². The highest BCUT2D eigenvalue weighted by Crippen LogP contribution is 2.33. The lowest BCUT2D eigenvalue weighted by Crippen LogP contribution is -2.59. The molecule has 3 rings (SSSR count). The summed E-state index contributed by atoms with van der Waals surface area (Å²) in [6.07, 6.45) is 3.00. The van der Waals surface area contributed by atoms with Gasteiger partial charge in [-0.25, -0.2) is 0 Å². The van der Waals surface area contributed by atoms with Crippen LogP contribution in [-0.2, 0) is 9.59 Å². The number of hydrogen-bond donors (Lipinski definition) is 0. The molecule has 22 heavy (non-hydrogen) atoms. The Bertz CT molecular complexity index is 616. The number of hydrogen-bond acceptors (Lipinski definition) is 2. The molecule has 0 radical (unpaired) electrons. The first kappa shape index (κ1) is 15.6. The molecule has 1 aliphatic carbocycles. The lowest BCUT2D eigenvalue weighted by atomic mass is 9.84. The third-order valence-corrected chi connectivity index (χ3v) is 5.13. The van der Waals surface area contributed by atoms with Crippen LogP contribution in [0.2, 0.25) is 10.0 Å². The van der Waals surface area contributed by atoms with Crippen molar-refractivity contribution in [1.29, 1.82) is 0 Å². The SMILES string of the molecule is CC1C(=O)N(c2ccc(Cl)cc2Cl)CCN1C(=O)C1CCC1. The molecular formula is C16H18Cl2N2O2. The summed E-state index contributed by atoms with van der Waals surface area (Å²) in [6, 6.07) is 4.64. The van der Waals surface area contributed by atoms with Crippen LogP contribution < -0.4 is 4.90 Å². The Labute approximate surface area is 140 Å². The van der Waals surface area contributed by atoms with Crippen molar-refractivity contribution in [2.24, 2.45) is 5.92 Å². The van der Waals surface area contributed by atoms with E-state index in [-0.39, 0.29) is 17.7 Å². The molecule has 2 amide bonds. The van der Waals surface area contributed by atoms with Gasteiger partial charge >= 0.3 is 0 Å². The highest BCUT2D eigenvalue weighted by molar-refractivity contribution is 6.36. The van der Waals surface area contributed by atoms with E-state index in [2.05, 4.69) is 0 Å². The molecule has 1 aromatic rings. The first-order chi connectivity index (χ1) is 10.5. The lowest BCUT2D eigenvalue weighted by molar-refractivity contribution is -0.146. The average Bonchev–Trinajstić information content (AvgIpc) is 2.40. The monoisotopic (exact) mass is 340 g/mol. The summed E-state index contributed by atoms with van der Waals surface area (Å²) in [5.41, 5.74) is 0.652. The summed E-state index contributed by atoms with van der Waals surface area (Å²) in [4.78, 5) is 28.4. The van der Waals surface area contributed by atoms with E-state index in [0.717, 1.165) is 19.3 Å². The molecule has 1 aromatic carbocycles. The van der Waals surface area contributed by atoms with Gasteiger partial charge in [-0.05, 0) is 38.0 Å². The fourth-order valence-corrected chi connectivity index (χ4v) is 3.51. The Kier molecular flexibility index (Phi) is 4.33. The van der Waals surface area contributed by atoms with E-state index < -0.39 is 6.04 Å². The number of amides is 2. The van der Waals surface area contributed by atoms with Crippen molar-refractivity contribution in [3.05, 3.63) is 28.2 Å². The Morgan fingerprint density at radius 3 is 2.55 bits per heavy atom. The van der Waals surface area contributed by atoms with E-state index in [1.54, 1.807) is 34.9 Å². The number of benzene rings is 1. The zero-order chi connectivity index (χ0) is 15.9. The molecule has 1 atom stereocenters. The molecule has 1 aliphatic heterocycles. The fraction of sp³-hybridized carbons (Fsp3) is 0.500. The van der Waals surface area contributed by atoms with E-state index >= 15 is 0 Å². The second-order valence-corrected chi connectivity index (χ2v) is 6.76. The molecule has 0 spiro atoms. The van der Waals surface area contributed by atoms with Crippen LogP contribution in [0.1, 0.15) is 26.2 Å². The topological polar surface area (TPSA) is 40.6 Å². The summed E-state index contributed by atoms with van der Waals surface area (Å²) in [5, 5.41) is 0.986. The molecule has 0 bridgehead atoms. The average molecular weight is 341 g/mol. The van der Waals surface area contributed by atoms with Crippen LogP contribution >= 0.6 is 23.2 Å². The third-order valence-electron chi connectivity index (χ3n) is 4.59. The molecule has 1 saturated heterocycles. The summed E-state index contributed by atoms with van der Waals surface area (Å²) >= 11 is 12.1. The van der Waals surface area contributed by atoms with Gasteiger partial charge in [0.2, 0.25) is 11.8 Å². The van der Waals surface area contributed by atoms with Crippen LogP contribution in [0.4, 0.5) is 5.69 Å². The Balaban J connectivity index is 1.78. The minimum atomic E-state index is -0.450. The zero-order valence-corrected chi connectivity index (χ0v) is 13.9. The molecule has 2 aliphatic rings. The minimum Gasteiger partial charge on any atom is -0.329 e. The molecule has 0 N–H and O–H groups in total. The Morgan fingerprint density at radius 2 is 1.95 bits per heavy atom. The van der Waals surface area contributed by atoms with Gasteiger partial charge in [0.05, 0.1) is 10.7 Å². The highest BCUT2D eigenvalue weighted by atomic mass is 35.5. The summed E-state index contributed by atoms with van der Waals surface area (Å²) in [6.45, 7) is 2.79. The van der Waals surface area contributed by atoms with Crippen molar-refractivity contribution in [2.75, 3.05) is 18.0 Å². The normalized spacial score (nSPS) is 22.7. The third kappa shape index (κ3) is 2.70. The van der Waals surface area contributed by atoms with Crippen LogP contribution in [0.25, 0.3) is 0 Å². The number of carbonyl (C=O) groups excluding carboxylic acids is 2. The number of anilines is 1. The second-order valence-electron chi connectivity index (χ2n) is 5.92. The second kappa shape index (κ2) is 6.09. The number of nitrogens with zero attached hydrogens (tertiary/aromatic N) is 2. The van der Waals surface area contributed by atoms with Gasteiger partial charge in [0.25, 0.3) is 0 Å². The number of rotatable bonds is 2. The summed E-state index contributed by atoms with van der Waals surface area (Å²) in [7, 11) is 0. The van der Waals surface area contributed by atoms with Crippen molar-refractivity contribution in [3.8, 4) is 0 Å². The molecule has 4 nitrogen and oxygen atoms in total. The maximum Gasteiger partial charge on any atom is 0.249 e. The first-order valence-corrected chi connectivity index (χ1v) is 8.31. The van der Waals surface area contributed by atoms with Crippen LogP contribution in [0, 0.1) is 5.92 Å². The van der Waals surface area contributed by atoms with Gasteiger partial charge < -0.3 is 9.80 Å². The Hall–Kier alpha value is -1.26. The standard InChI is InChI=1S/C16H18Cl2N2O2/c1-10-15(21)20(14-6-5-12(17)9-13(14)18)8-7-19(10)16(22)11-3-2-4-11/h5-6,9-11H,2-4,7-8H2,1H3. The van der Waals surface area contributed by atoms with Crippen molar-refractivity contribution in [3.63, 3.8) is 0 Å². The van der Waals surface area contributed by atoms with Gasteiger partial charge in [-0.1, -0.05) is 29.6 Å². The first-order valence-electron chi connectivity index (χ1n) is 7.56. The van der Waals surface area contributed by atoms with Gasteiger partial charge in [0.15, 0.2) is 0 Å². The maximum absolute atomic E-state index is 12.6. The Morgan fingerprint density at radius 1 is 1.23 bits per heavy atom. The quantitative estimate of drug-likeness (QED) is 0.828. The predicted octanol–water partition coefficient (Wildman–Crippen LogP) is 3.36. The summed E-state index contributed by atoms with van der Waals surface area (Å²) < 4.78 is 0. The van der Waals surface area contributed by atoms with Crippen LogP contribution in [-0.4, -0.2) is 35.8 Å². The zero-order valence-electron chi connectivity index (χ0n) is 12.4. The number of halogens is 2. The molecule has 0 aromatic heterocycles. The molecular weight excluding hydrogens is 323 g/mol.